The van der Waals surface area contributed by atoms with E-state index in [9.17, 15) is 14.7 Å². The Balaban J connectivity index is 1.97. The van der Waals surface area contributed by atoms with Crippen molar-refractivity contribution in [2.24, 2.45) is 0 Å². The van der Waals surface area contributed by atoms with Crippen LogP contribution in [0.15, 0.2) is 60.7 Å². The summed E-state index contributed by atoms with van der Waals surface area (Å²) in [6.45, 7) is 5.81. The van der Waals surface area contributed by atoms with Crippen molar-refractivity contribution in [2.45, 2.75) is 110 Å². The maximum absolute atomic E-state index is 13.1. The Kier molecular flexibility index (Phi) is 18.8. The number of unbranched alkanes of at least 4 members (excludes halogenated alkanes) is 10. The predicted octanol–water partition coefficient (Wildman–Crippen LogP) is 8.35. The van der Waals surface area contributed by atoms with Gasteiger partial charge in [0.2, 0.25) is 0 Å². The van der Waals surface area contributed by atoms with E-state index in [4.69, 9.17) is 9.47 Å². The topological polar surface area (TPSA) is 79.3 Å². The quantitative estimate of drug-likeness (QED) is 0.141. The average Bonchev–Trinajstić information content (AvgIpc) is 3.00. The maximum atomic E-state index is 13.1. The molecule has 0 aromatic heterocycles. The molecule has 0 aliphatic heterocycles. The number of aliphatic hydroxyl groups excluding tert-OH is 1. The van der Waals surface area contributed by atoms with Crippen LogP contribution in [-0.2, 0) is 22.6 Å². The van der Waals surface area contributed by atoms with Gasteiger partial charge in [-0.3, -0.25) is 0 Å². The van der Waals surface area contributed by atoms with Crippen molar-refractivity contribution in [1.29, 1.82) is 0 Å². The fourth-order valence-corrected chi connectivity index (χ4v) is 4.85. The number of amides is 2. The van der Waals surface area contributed by atoms with Crippen molar-refractivity contribution >= 4 is 12.2 Å². The number of carbonyl (C=O) groups excluding carboxylic acids is 2. The molecule has 7 heteroatoms. The van der Waals surface area contributed by atoms with Crippen LogP contribution < -0.4 is 0 Å². The Hall–Kier alpha value is -3.06. The number of ether oxygens (including phenoxy) is 2. The van der Waals surface area contributed by atoms with Crippen molar-refractivity contribution in [3.63, 3.8) is 0 Å². The van der Waals surface area contributed by atoms with E-state index >= 15 is 0 Å². The molecule has 0 heterocycles. The molecule has 0 saturated carbocycles. The molecule has 2 amide bonds. The highest BCUT2D eigenvalue weighted by molar-refractivity contribution is 5.68. The zero-order valence-electron chi connectivity index (χ0n) is 26.1. The molecule has 42 heavy (non-hydrogen) atoms. The van der Waals surface area contributed by atoms with Crippen LogP contribution in [-0.4, -0.2) is 59.5 Å². The number of benzene rings is 2. The third-order valence-corrected chi connectivity index (χ3v) is 7.26. The second-order valence-corrected chi connectivity index (χ2v) is 11.2. The van der Waals surface area contributed by atoms with E-state index in [-0.39, 0.29) is 13.1 Å². The molecule has 0 aliphatic rings. The highest BCUT2D eigenvalue weighted by Gasteiger charge is 2.24. The minimum absolute atomic E-state index is 0.0419. The van der Waals surface area contributed by atoms with Gasteiger partial charge in [-0.1, -0.05) is 139 Å². The zero-order chi connectivity index (χ0) is 30.3. The summed E-state index contributed by atoms with van der Waals surface area (Å²) in [5.74, 6) is 0. The Labute approximate surface area is 254 Å². The number of carbonyl (C=O) groups is 2. The van der Waals surface area contributed by atoms with Crippen LogP contribution in [0.25, 0.3) is 0 Å². The smallest absolute Gasteiger partial charge is 0.410 e. The molecule has 7 nitrogen and oxygen atoms in total. The number of hydrogen-bond acceptors (Lipinski definition) is 5. The molecule has 2 aromatic carbocycles. The first-order valence-electron chi connectivity index (χ1n) is 16.1. The molecule has 0 saturated heterocycles. The lowest BCUT2D eigenvalue weighted by Crippen LogP contribution is -2.44. The Morgan fingerprint density at radius 2 is 0.952 bits per heavy atom. The predicted molar refractivity (Wildman–Crippen MR) is 169 cm³/mol. The fourth-order valence-electron chi connectivity index (χ4n) is 4.85. The standard InChI is InChI=1S/C35H54N2O5/c1-3-5-7-9-11-19-25-41-34(39)36(27-31-21-15-13-16-22-31)29-33(38)30-37(28-32-23-17-14-18-24-32)35(40)42-26-20-12-10-8-6-4-2/h13-18,21-24,33,38H,3-12,19-20,25-30H2,1-2H3. The van der Waals surface area contributed by atoms with E-state index in [1.54, 1.807) is 0 Å². The lowest BCUT2D eigenvalue weighted by molar-refractivity contribution is 0.0433. The average molecular weight is 583 g/mol. The van der Waals surface area contributed by atoms with Gasteiger partial charge >= 0.3 is 12.2 Å². The number of aliphatic hydroxyl groups is 1. The molecule has 0 atom stereocenters. The first-order valence-corrected chi connectivity index (χ1v) is 16.1. The van der Waals surface area contributed by atoms with Crippen LogP contribution in [0.1, 0.15) is 102 Å². The van der Waals surface area contributed by atoms with E-state index in [1.165, 1.54) is 48.3 Å². The number of nitrogens with zero attached hydrogens (tertiary/aromatic N) is 2. The lowest BCUT2D eigenvalue weighted by atomic mass is 10.1. The van der Waals surface area contributed by atoms with E-state index in [0.717, 1.165) is 49.7 Å². The molecular formula is C35H54N2O5. The van der Waals surface area contributed by atoms with E-state index in [1.807, 2.05) is 60.7 Å². The molecule has 0 bridgehead atoms. The molecular weight excluding hydrogens is 528 g/mol. The summed E-state index contributed by atoms with van der Waals surface area (Å²) in [6, 6.07) is 19.3. The Morgan fingerprint density at radius 3 is 1.33 bits per heavy atom. The molecule has 234 valence electrons. The molecule has 2 aromatic rings. The first-order chi connectivity index (χ1) is 20.5. The highest BCUT2D eigenvalue weighted by atomic mass is 16.6. The maximum Gasteiger partial charge on any atom is 0.410 e. The third-order valence-electron chi connectivity index (χ3n) is 7.26. The van der Waals surface area contributed by atoms with Gasteiger partial charge in [-0.25, -0.2) is 9.59 Å². The van der Waals surface area contributed by atoms with Gasteiger partial charge in [0, 0.05) is 13.1 Å². The first kappa shape index (κ1) is 35.1. The van der Waals surface area contributed by atoms with Crippen LogP contribution in [0.4, 0.5) is 9.59 Å². The molecule has 0 radical (unpaired) electrons. The van der Waals surface area contributed by atoms with Gasteiger partial charge in [-0.2, -0.15) is 0 Å². The summed E-state index contributed by atoms with van der Waals surface area (Å²) in [4.78, 5) is 29.2. The molecule has 0 unspecified atom stereocenters. The summed E-state index contributed by atoms with van der Waals surface area (Å²) in [5, 5.41) is 11.1. The summed E-state index contributed by atoms with van der Waals surface area (Å²) < 4.78 is 11.2. The van der Waals surface area contributed by atoms with Crippen molar-refractivity contribution in [2.75, 3.05) is 26.3 Å². The second kappa shape index (κ2) is 22.5. The largest absolute Gasteiger partial charge is 0.449 e. The molecule has 0 aliphatic carbocycles. The Morgan fingerprint density at radius 1 is 0.595 bits per heavy atom. The van der Waals surface area contributed by atoms with Gasteiger partial charge in [0.25, 0.3) is 0 Å². The van der Waals surface area contributed by atoms with E-state index < -0.39 is 18.3 Å². The van der Waals surface area contributed by atoms with Gasteiger partial charge < -0.3 is 24.4 Å². The van der Waals surface area contributed by atoms with Gasteiger partial charge in [-0.15, -0.1) is 0 Å². The van der Waals surface area contributed by atoms with Crippen LogP contribution >= 0.6 is 0 Å². The monoisotopic (exact) mass is 582 g/mol. The van der Waals surface area contributed by atoms with Gasteiger partial charge in [0.1, 0.15) is 0 Å². The Bertz CT molecular complexity index is 879. The summed E-state index contributed by atoms with van der Waals surface area (Å²) >= 11 is 0. The molecule has 0 spiro atoms. The van der Waals surface area contributed by atoms with Crippen molar-refractivity contribution in [1.82, 2.24) is 9.80 Å². The molecule has 0 fully saturated rings. The minimum atomic E-state index is -0.972. The van der Waals surface area contributed by atoms with Gasteiger partial charge in [-0.05, 0) is 24.0 Å². The van der Waals surface area contributed by atoms with Gasteiger partial charge in [0.05, 0.1) is 32.4 Å². The van der Waals surface area contributed by atoms with Crippen LogP contribution in [0.3, 0.4) is 0 Å². The SMILES string of the molecule is CCCCCCCCOC(=O)N(Cc1ccccc1)CC(O)CN(Cc1ccccc1)C(=O)OCCCCCCCC. The van der Waals surface area contributed by atoms with Crippen LogP contribution in [0, 0.1) is 0 Å². The summed E-state index contributed by atoms with van der Waals surface area (Å²) in [5.41, 5.74) is 1.89. The fraction of sp³-hybridized carbons (Fsp3) is 0.600. The summed E-state index contributed by atoms with van der Waals surface area (Å²) in [6.07, 6.45) is 11.4. The zero-order valence-corrected chi connectivity index (χ0v) is 26.1. The minimum Gasteiger partial charge on any atom is -0.449 e. The second-order valence-electron chi connectivity index (χ2n) is 11.2. The van der Waals surface area contributed by atoms with Crippen LogP contribution in [0.2, 0.25) is 0 Å². The normalized spacial score (nSPS) is 11.0. The van der Waals surface area contributed by atoms with E-state index in [0.29, 0.717) is 26.3 Å². The lowest BCUT2D eigenvalue weighted by Gasteiger charge is -2.29. The third kappa shape index (κ3) is 15.8. The van der Waals surface area contributed by atoms with Crippen LogP contribution in [0.5, 0.6) is 0 Å². The summed E-state index contributed by atoms with van der Waals surface area (Å²) in [7, 11) is 0. The number of hydrogen-bond donors (Lipinski definition) is 1. The van der Waals surface area contributed by atoms with Crippen molar-refractivity contribution in [3.05, 3.63) is 71.8 Å². The van der Waals surface area contributed by atoms with Crippen molar-refractivity contribution < 1.29 is 24.2 Å². The van der Waals surface area contributed by atoms with E-state index in [2.05, 4.69) is 13.8 Å². The highest BCUT2D eigenvalue weighted by Crippen LogP contribution is 2.13. The molecule has 1 N–H and O–H groups in total. The van der Waals surface area contributed by atoms with Crippen molar-refractivity contribution in [3.8, 4) is 0 Å². The number of rotatable bonds is 22. The molecule has 2 rings (SSSR count). The van der Waals surface area contributed by atoms with Gasteiger partial charge in [0.15, 0.2) is 0 Å².